The smallest absolute Gasteiger partial charge is 0.305 e. The molecule has 4 aliphatic heterocycles. The van der Waals surface area contributed by atoms with Gasteiger partial charge in [-0.05, 0) is 76.3 Å². The van der Waals surface area contributed by atoms with Crippen LogP contribution in [0.15, 0.2) is 36.5 Å². The van der Waals surface area contributed by atoms with Gasteiger partial charge in [0.05, 0.1) is 30.1 Å². The van der Waals surface area contributed by atoms with Crippen LogP contribution in [0.4, 0.5) is 0 Å². The number of amides is 9. The number of rotatable bonds is 21. The quantitative estimate of drug-likeness (QED) is 0.0738. The number of carbonyl (C=O) groups is 12. The first-order chi connectivity index (χ1) is 29.6. The Morgan fingerprint density at radius 1 is 0.476 bits per heavy atom. The van der Waals surface area contributed by atoms with Gasteiger partial charge in [0.25, 0.3) is 35.4 Å². The fourth-order valence-electron chi connectivity index (χ4n) is 9.60. The average molecular weight is 884 g/mol. The number of nitrogens with two attached hydrogens (primary N) is 3. The predicted molar refractivity (Wildman–Crippen MR) is 214 cm³/mol. The molecule has 0 saturated carbocycles. The van der Waals surface area contributed by atoms with Gasteiger partial charge in [0.15, 0.2) is 0 Å². The van der Waals surface area contributed by atoms with Gasteiger partial charge in [0.2, 0.25) is 17.7 Å². The van der Waals surface area contributed by atoms with Crippen molar-refractivity contribution in [3.05, 3.63) is 36.5 Å². The van der Waals surface area contributed by atoms with Gasteiger partial charge in [-0.15, -0.1) is 0 Å². The number of hydrogen-bond acceptors (Lipinski definition) is 13. The topological polar surface area (TPSA) is 357 Å². The van der Waals surface area contributed by atoms with E-state index in [1.165, 1.54) is 4.90 Å². The van der Waals surface area contributed by atoms with Crippen molar-refractivity contribution < 1.29 is 72.9 Å². The van der Waals surface area contributed by atoms with Crippen molar-refractivity contribution in [1.82, 2.24) is 19.6 Å². The Morgan fingerprint density at radius 3 is 1.19 bits per heavy atom. The molecule has 9 N–H and O–H groups in total. The molecule has 5 unspecified atom stereocenters. The lowest BCUT2D eigenvalue weighted by atomic mass is 9.62. The van der Waals surface area contributed by atoms with Crippen LogP contribution in [0, 0.1) is 22.7 Å². The summed E-state index contributed by atoms with van der Waals surface area (Å²) in [6.45, 7) is -1.60. The van der Waals surface area contributed by atoms with Crippen LogP contribution >= 0.6 is 0 Å². The first-order valence-electron chi connectivity index (χ1n) is 20.5. The maximum atomic E-state index is 13.9. The van der Waals surface area contributed by atoms with Crippen molar-refractivity contribution in [2.45, 2.75) is 89.0 Å². The molecule has 22 heteroatoms. The predicted octanol–water partition coefficient (Wildman–Crippen LogP) is -1.20. The van der Waals surface area contributed by atoms with E-state index in [9.17, 15) is 72.9 Å². The molecule has 0 radical (unpaired) electrons. The van der Waals surface area contributed by atoms with Crippen LogP contribution in [-0.2, 0) is 57.5 Å². The molecule has 0 aromatic rings. The molecule has 63 heavy (non-hydrogen) atoms. The van der Waals surface area contributed by atoms with Crippen molar-refractivity contribution in [1.29, 1.82) is 0 Å². The highest BCUT2D eigenvalue weighted by Gasteiger charge is 2.51. The van der Waals surface area contributed by atoms with E-state index in [-0.39, 0.29) is 64.6 Å². The van der Waals surface area contributed by atoms with E-state index >= 15 is 0 Å². The standard InChI is InChI=1S/C41H53N7O15/c42-36(61)39(22-33(55)56,14-19-46-27(49)7-8-28(46)50)25-4-2-1-3-17-45(41(38(44)63,24-35(59)60)16-21-48-31(53)11-12-32(48)54)18-13-26(6-5-25)40(37(43)62,23-34(57)58)15-20-47-29(51)9-10-30(47)52/h7-12,25-26H,1-6,13-24H2,(H2,42,61)(H2,43,62)(H2,44,63)(H,55,56)(H,57,58)(H,59,60). The lowest BCUT2D eigenvalue weighted by Crippen LogP contribution is -2.61. The Labute approximate surface area is 361 Å². The van der Waals surface area contributed by atoms with Gasteiger partial charge in [-0.25, -0.2) is 0 Å². The van der Waals surface area contributed by atoms with Gasteiger partial charge >= 0.3 is 17.9 Å². The zero-order chi connectivity index (χ0) is 46.9. The number of hydrogen-bond donors (Lipinski definition) is 6. The third kappa shape index (κ3) is 11.1. The minimum absolute atomic E-state index is 0.0546. The third-order valence-corrected chi connectivity index (χ3v) is 13.1. The molecule has 0 spiro atoms. The number of carbonyl (C=O) groups excluding carboxylic acids is 9. The molecule has 22 nitrogen and oxygen atoms in total. The Hall–Kier alpha value is -6.58. The van der Waals surface area contributed by atoms with E-state index in [0.717, 1.165) is 51.2 Å². The van der Waals surface area contributed by atoms with Crippen LogP contribution in [0.25, 0.3) is 0 Å². The Balaban J connectivity index is 1.85. The Kier molecular flexibility index (Phi) is 16.0. The molecule has 4 aliphatic rings. The van der Waals surface area contributed by atoms with Crippen LogP contribution in [0.5, 0.6) is 0 Å². The number of carboxylic acid groups (broad SMARTS) is 3. The highest BCUT2D eigenvalue weighted by atomic mass is 16.4. The van der Waals surface area contributed by atoms with Crippen molar-refractivity contribution in [3.8, 4) is 0 Å². The van der Waals surface area contributed by atoms with Gasteiger partial charge in [-0.3, -0.25) is 77.1 Å². The summed E-state index contributed by atoms with van der Waals surface area (Å²) < 4.78 is 0. The minimum atomic E-state index is -2.10. The zero-order valence-electron chi connectivity index (χ0n) is 34.6. The summed E-state index contributed by atoms with van der Waals surface area (Å²) in [5.41, 5.74) is 12.1. The summed E-state index contributed by atoms with van der Waals surface area (Å²) in [5, 5.41) is 30.6. The highest BCUT2D eigenvalue weighted by Crippen LogP contribution is 2.47. The molecule has 0 bridgehead atoms. The highest BCUT2D eigenvalue weighted by molar-refractivity contribution is 6.14. The van der Waals surface area contributed by atoms with Gasteiger partial charge in [-0.2, -0.15) is 0 Å². The van der Waals surface area contributed by atoms with Crippen molar-refractivity contribution >= 4 is 71.1 Å². The molecule has 1 fully saturated rings. The van der Waals surface area contributed by atoms with Crippen LogP contribution in [0.1, 0.15) is 83.5 Å². The number of carboxylic acids is 3. The van der Waals surface area contributed by atoms with E-state index < -0.39 is 144 Å². The molecule has 4 heterocycles. The molecule has 342 valence electrons. The molecule has 4 rings (SSSR count). The number of imide groups is 3. The molecular weight excluding hydrogens is 830 g/mol. The lowest BCUT2D eigenvalue weighted by molar-refractivity contribution is -0.151. The van der Waals surface area contributed by atoms with Crippen molar-refractivity contribution in [2.75, 3.05) is 32.7 Å². The largest absolute Gasteiger partial charge is 0.481 e. The normalized spacial score (nSPS) is 23.0. The van der Waals surface area contributed by atoms with Gasteiger partial charge < -0.3 is 32.5 Å². The van der Waals surface area contributed by atoms with Crippen LogP contribution < -0.4 is 17.2 Å². The molecule has 9 amide bonds. The molecule has 0 aromatic carbocycles. The summed E-state index contributed by atoms with van der Waals surface area (Å²) in [7, 11) is 0. The summed E-state index contributed by atoms with van der Waals surface area (Å²) >= 11 is 0. The summed E-state index contributed by atoms with van der Waals surface area (Å²) in [6, 6.07) is 0. The third-order valence-electron chi connectivity index (χ3n) is 13.1. The van der Waals surface area contributed by atoms with Crippen molar-refractivity contribution in [2.24, 2.45) is 39.9 Å². The molecule has 0 aromatic heterocycles. The van der Waals surface area contributed by atoms with E-state index in [4.69, 9.17) is 17.2 Å². The second-order valence-electron chi connectivity index (χ2n) is 16.5. The molecule has 5 atom stereocenters. The second-order valence-corrected chi connectivity index (χ2v) is 16.5. The minimum Gasteiger partial charge on any atom is -0.481 e. The van der Waals surface area contributed by atoms with E-state index in [1.807, 2.05) is 0 Å². The van der Waals surface area contributed by atoms with Crippen LogP contribution in [0.2, 0.25) is 0 Å². The maximum Gasteiger partial charge on any atom is 0.305 e. The summed E-state index contributed by atoms with van der Waals surface area (Å²) in [4.78, 5) is 158. The fourth-order valence-corrected chi connectivity index (χ4v) is 9.60. The Morgan fingerprint density at radius 2 is 0.841 bits per heavy atom. The van der Waals surface area contributed by atoms with E-state index in [1.54, 1.807) is 0 Å². The number of nitrogens with zero attached hydrogens (tertiary/aromatic N) is 4. The monoisotopic (exact) mass is 883 g/mol. The molecule has 1 saturated heterocycles. The molecular formula is C41H53N7O15. The molecule has 0 aliphatic carbocycles. The number of primary amides is 3. The van der Waals surface area contributed by atoms with Gasteiger partial charge in [0, 0.05) is 56.1 Å². The summed E-state index contributed by atoms with van der Waals surface area (Å²) in [6.07, 6.45) is 2.44. The summed E-state index contributed by atoms with van der Waals surface area (Å²) in [5.74, 6) is -14.1. The number of aliphatic carboxylic acids is 3. The van der Waals surface area contributed by atoms with Gasteiger partial charge in [-0.1, -0.05) is 12.8 Å². The zero-order valence-corrected chi connectivity index (χ0v) is 34.6. The SMILES string of the molecule is NC(=O)C(CCN1C(=O)C=CC1=O)(CC(=O)O)C1CCCCCN(C(CCN2C(=O)C=CC2=O)(CC(=O)O)C(N)=O)CCC(C(CCN2C(=O)C=CC2=O)(CC(=O)O)C(N)=O)CC1. The maximum absolute atomic E-state index is 13.9. The van der Waals surface area contributed by atoms with Crippen molar-refractivity contribution in [3.63, 3.8) is 0 Å². The Bertz CT molecular complexity index is 1880. The lowest BCUT2D eigenvalue weighted by Gasteiger charge is -2.45. The first kappa shape index (κ1) is 49.1. The van der Waals surface area contributed by atoms with E-state index in [2.05, 4.69) is 0 Å². The van der Waals surface area contributed by atoms with Crippen LogP contribution in [-0.4, -0.2) is 144 Å². The van der Waals surface area contributed by atoms with Gasteiger partial charge in [0.1, 0.15) is 5.54 Å². The van der Waals surface area contributed by atoms with E-state index in [0.29, 0.717) is 6.42 Å². The van der Waals surface area contributed by atoms with Crippen LogP contribution in [0.3, 0.4) is 0 Å². The average Bonchev–Trinajstić information content (AvgIpc) is 3.81. The first-order valence-corrected chi connectivity index (χ1v) is 20.5. The fraction of sp³-hybridized carbons (Fsp3) is 0.561. The second kappa shape index (κ2) is 20.5.